The van der Waals surface area contributed by atoms with Gasteiger partial charge in [0.25, 0.3) is 5.91 Å². The van der Waals surface area contributed by atoms with Gasteiger partial charge >= 0.3 is 0 Å². The van der Waals surface area contributed by atoms with E-state index >= 15 is 0 Å². The minimum absolute atomic E-state index is 0.0823. The summed E-state index contributed by atoms with van der Waals surface area (Å²) in [5.74, 6) is 0.703. The number of carbonyl (C=O) groups excluding carboxylic acids is 1. The summed E-state index contributed by atoms with van der Waals surface area (Å²) < 4.78 is 5.45. The summed E-state index contributed by atoms with van der Waals surface area (Å²) in [6.07, 6.45) is 0.154. The molecule has 0 aliphatic heterocycles. The van der Waals surface area contributed by atoms with Crippen LogP contribution in [0.5, 0.6) is 5.75 Å². The molecule has 0 aromatic heterocycles. The third-order valence-corrected chi connectivity index (χ3v) is 1.72. The van der Waals surface area contributed by atoms with Gasteiger partial charge in [0.15, 0.2) is 0 Å². The van der Waals surface area contributed by atoms with Crippen molar-refractivity contribution in [1.82, 2.24) is 5.32 Å². The van der Waals surface area contributed by atoms with E-state index in [0.29, 0.717) is 5.56 Å². The number of hydrogen-bond donors (Lipinski definition) is 1. The first kappa shape index (κ1) is 10.6. The predicted molar refractivity (Wildman–Crippen MR) is 55.6 cm³/mol. The molecule has 14 heavy (non-hydrogen) atoms. The molecule has 0 saturated heterocycles. The molecule has 1 aromatic rings. The quantitative estimate of drug-likeness (QED) is 0.795. The van der Waals surface area contributed by atoms with Crippen LogP contribution in [0.15, 0.2) is 24.3 Å². The second kappa shape index (κ2) is 4.65. The molecular weight excluding hydrogens is 178 g/mol. The Balaban J connectivity index is 2.73. The summed E-state index contributed by atoms with van der Waals surface area (Å²) in [7, 11) is 1.61. The number of amides is 1. The predicted octanol–water partition coefficient (Wildman–Crippen LogP) is 1.83. The maximum atomic E-state index is 11.2. The smallest absolute Gasteiger partial charge is 0.251 e. The Morgan fingerprint density at radius 2 is 1.86 bits per heavy atom. The van der Waals surface area contributed by atoms with E-state index < -0.39 is 0 Å². The first-order valence-corrected chi connectivity index (χ1v) is 4.62. The van der Waals surface area contributed by atoms with Crippen LogP contribution >= 0.6 is 0 Å². The zero-order valence-corrected chi connectivity index (χ0v) is 8.70. The first-order valence-electron chi connectivity index (χ1n) is 4.62. The van der Waals surface area contributed by atoms with Crippen LogP contribution in [-0.2, 0) is 0 Å². The highest BCUT2D eigenvalue weighted by atomic mass is 16.5. The number of nitrogens with one attached hydrogen (secondary N) is 1. The highest BCUT2D eigenvalue weighted by Crippen LogP contribution is 2.13. The fraction of sp³-hybridized carbons (Fsp3) is 0.364. The van der Waals surface area contributed by atoms with Gasteiger partial charge < -0.3 is 10.1 Å². The summed E-state index contributed by atoms with van der Waals surface area (Å²) in [6.45, 7) is 3.93. The van der Waals surface area contributed by atoms with Crippen molar-refractivity contribution in [3.63, 3.8) is 0 Å². The molecule has 3 nitrogen and oxygen atoms in total. The minimum atomic E-state index is -0.0823. The Kier molecular flexibility index (Phi) is 3.51. The second-order valence-electron chi connectivity index (χ2n) is 3.27. The van der Waals surface area contributed by atoms with Gasteiger partial charge in [0.05, 0.1) is 6.10 Å². The van der Waals surface area contributed by atoms with Crippen LogP contribution in [0.25, 0.3) is 0 Å². The van der Waals surface area contributed by atoms with Crippen LogP contribution in [-0.4, -0.2) is 19.1 Å². The Labute approximate surface area is 84.1 Å². The van der Waals surface area contributed by atoms with Gasteiger partial charge in [-0.3, -0.25) is 4.79 Å². The van der Waals surface area contributed by atoms with Gasteiger partial charge in [-0.2, -0.15) is 0 Å². The average molecular weight is 193 g/mol. The van der Waals surface area contributed by atoms with Crippen LogP contribution < -0.4 is 10.1 Å². The Hall–Kier alpha value is -1.51. The van der Waals surface area contributed by atoms with Crippen LogP contribution in [0.2, 0.25) is 0 Å². The molecule has 1 N–H and O–H groups in total. The maximum absolute atomic E-state index is 11.2. The summed E-state index contributed by atoms with van der Waals surface area (Å²) in [4.78, 5) is 11.2. The molecule has 0 saturated carbocycles. The van der Waals surface area contributed by atoms with Gasteiger partial charge in [-0.05, 0) is 38.1 Å². The average Bonchev–Trinajstić information content (AvgIpc) is 2.17. The van der Waals surface area contributed by atoms with E-state index in [4.69, 9.17) is 4.74 Å². The van der Waals surface area contributed by atoms with Gasteiger partial charge in [0.1, 0.15) is 5.75 Å². The lowest BCUT2D eigenvalue weighted by Crippen LogP contribution is -2.17. The van der Waals surface area contributed by atoms with Crippen molar-refractivity contribution >= 4 is 5.91 Å². The number of ether oxygens (including phenoxy) is 1. The third kappa shape index (κ3) is 2.76. The van der Waals surface area contributed by atoms with E-state index in [0.717, 1.165) is 5.75 Å². The number of carbonyl (C=O) groups is 1. The normalized spacial score (nSPS) is 10.0. The molecule has 1 rings (SSSR count). The Morgan fingerprint density at radius 3 is 2.29 bits per heavy atom. The van der Waals surface area contributed by atoms with Gasteiger partial charge in [-0.1, -0.05) is 0 Å². The highest BCUT2D eigenvalue weighted by Gasteiger charge is 2.03. The summed E-state index contributed by atoms with van der Waals surface area (Å²) in [5, 5.41) is 2.56. The van der Waals surface area contributed by atoms with Gasteiger partial charge in [0, 0.05) is 12.6 Å². The van der Waals surface area contributed by atoms with Crippen LogP contribution in [0, 0.1) is 0 Å². The fourth-order valence-electron chi connectivity index (χ4n) is 1.10. The molecule has 3 heteroatoms. The molecule has 0 radical (unpaired) electrons. The highest BCUT2D eigenvalue weighted by molar-refractivity contribution is 5.94. The molecule has 0 unspecified atom stereocenters. The first-order chi connectivity index (χ1) is 6.63. The summed E-state index contributed by atoms with van der Waals surface area (Å²) in [5.41, 5.74) is 0.642. The van der Waals surface area contributed by atoms with Crippen molar-refractivity contribution in [3.05, 3.63) is 29.8 Å². The minimum Gasteiger partial charge on any atom is -0.491 e. The van der Waals surface area contributed by atoms with Gasteiger partial charge in [0.2, 0.25) is 0 Å². The molecule has 0 aliphatic carbocycles. The third-order valence-electron chi connectivity index (χ3n) is 1.72. The van der Waals surface area contributed by atoms with Crippen molar-refractivity contribution < 1.29 is 9.53 Å². The van der Waals surface area contributed by atoms with Gasteiger partial charge in [-0.25, -0.2) is 0 Å². The SMILES string of the molecule is CNC(=O)c1ccc(OC(C)C)cc1. The lowest BCUT2D eigenvalue weighted by molar-refractivity contribution is 0.0963. The van der Waals surface area contributed by atoms with Crippen molar-refractivity contribution in [2.24, 2.45) is 0 Å². The summed E-state index contributed by atoms with van der Waals surface area (Å²) in [6, 6.07) is 7.09. The van der Waals surface area contributed by atoms with E-state index in [9.17, 15) is 4.79 Å². The summed E-state index contributed by atoms with van der Waals surface area (Å²) >= 11 is 0. The molecule has 0 atom stereocenters. The maximum Gasteiger partial charge on any atom is 0.251 e. The topological polar surface area (TPSA) is 38.3 Å². The standard InChI is InChI=1S/C11H15NO2/c1-8(2)14-10-6-4-9(5-7-10)11(13)12-3/h4-8H,1-3H3,(H,12,13). The van der Waals surface area contributed by atoms with Crippen molar-refractivity contribution in [3.8, 4) is 5.75 Å². The van der Waals surface area contributed by atoms with E-state index in [1.54, 1.807) is 31.3 Å². The van der Waals surface area contributed by atoms with Crippen molar-refractivity contribution in [2.45, 2.75) is 20.0 Å². The van der Waals surface area contributed by atoms with Gasteiger partial charge in [-0.15, -0.1) is 0 Å². The molecule has 0 fully saturated rings. The number of hydrogen-bond acceptors (Lipinski definition) is 2. The molecule has 0 aliphatic rings. The molecule has 1 amide bonds. The zero-order chi connectivity index (χ0) is 10.6. The lowest BCUT2D eigenvalue weighted by atomic mass is 10.2. The largest absolute Gasteiger partial charge is 0.491 e. The number of benzene rings is 1. The molecule has 0 heterocycles. The second-order valence-corrected chi connectivity index (χ2v) is 3.27. The van der Waals surface area contributed by atoms with Crippen molar-refractivity contribution in [2.75, 3.05) is 7.05 Å². The van der Waals surface area contributed by atoms with Crippen LogP contribution in [0.4, 0.5) is 0 Å². The van der Waals surface area contributed by atoms with Crippen LogP contribution in [0.1, 0.15) is 24.2 Å². The zero-order valence-electron chi connectivity index (χ0n) is 8.70. The molecule has 1 aromatic carbocycles. The molecule has 76 valence electrons. The van der Waals surface area contributed by atoms with E-state index in [2.05, 4.69) is 5.32 Å². The Morgan fingerprint density at radius 1 is 1.29 bits per heavy atom. The molecule has 0 spiro atoms. The fourth-order valence-corrected chi connectivity index (χ4v) is 1.10. The lowest BCUT2D eigenvalue weighted by Gasteiger charge is -2.09. The monoisotopic (exact) mass is 193 g/mol. The van der Waals surface area contributed by atoms with Crippen LogP contribution in [0.3, 0.4) is 0 Å². The van der Waals surface area contributed by atoms with E-state index in [1.807, 2.05) is 13.8 Å². The van der Waals surface area contributed by atoms with E-state index in [1.165, 1.54) is 0 Å². The molecule has 0 bridgehead atoms. The van der Waals surface area contributed by atoms with Crippen molar-refractivity contribution in [1.29, 1.82) is 0 Å². The number of rotatable bonds is 3. The molecular formula is C11H15NO2. The Bertz CT molecular complexity index is 304. The van der Waals surface area contributed by atoms with E-state index in [-0.39, 0.29) is 12.0 Å².